The molecule has 0 unspecified atom stereocenters. The second kappa shape index (κ2) is 4.54. The van der Waals surface area contributed by atoms with Gasteiger partial charge in [-0.15, -0.1) is 0 Å². The number of nitrogens with zero attached hydrogens (tertiary/aromatic N) is 3. The van der Waals surface area contributed by atoms with E-state index in [-0.39, 0.29) is 30.1 Å². The van der Waals surface area contributed by atoms with Gasteiger partial charge >= 0.3 is 11.8 Å². The summed E-state index contributed by atoms with van der Waals surface area (Å²) in [4.78, 5) is 27.1. The van der Waals surface area contributed by atoms with Crippen molar-refractivity contribution in [3.05, 3.63) is 11.7 Å². The lowest BCUT2D eigenvalue weighted by Crippen LogP contribution is -2.22. The van der Waals surface area contributed by atoms with E-state index in [0.717, 1.165) is 0 Å². The van der Waals surface area contributed by atoms with E-state index in [4.69, 9.17) is 4.52 Å². The van der Waals surface area contributed by atoms with Crippen LogP contribution in [-0.4, -0.2) is 41.0 Å². The highest BCUT2D eigenvalue weighted by Crippen LogP contribution is 1.99. The maximum absolute atomic E-state index is 11.3. The van der Waals surface area contributed by atoms with E-state index >= 15 is 0 Å². The molecule has 0 saturated carbocycles. The first-order chi connectivity index (χ1) is 7.00. The van der Waals surface area contributed by atoms with Gasteiger partial charge in [0, 0.05) is 21.0 Å². The average Bonchev–Trinajstić information content (AvgIpc) is 2.61. The average molecular weight is 212 g/mol. The molecule has 2 amide bonds. The van der Waals surface area contributed by atoms with Crippen molar-refractivity contribution in [3.8, 4) is 0 Å². The number of carbonyl (C=O) groups excluding carboxylic acids is 2. The molecule has 0 bridgehead atoms. The van der Waals surface area contributed by atoms with Crippen molar-refractivity contribution in [2.45, 2.75) is 13.5 Å². The van der Waals surface area contributed by atoms with Crippen LogP contribution in [0.5, 0.6) is 0 Å². The van der Waals surface area contributed by atoms with Gasteiger partial charge in [-0.2, -0.15) is 4.98 Å². The summed E-state index contributed by atoms with van der Waals surface area (Å²) in [6.07, 6.45) is 0. The molecule has 0 aromatic carbocycles. The summed E-state index contributed by atoms with van der Waals surface area (Å²) in [7, 11) is 3.17. The van der Waals surface area contributed by atoms with Gasteiger partial charge in [0.1, 0.15) is 0 Å². The van der Waals surface area contributed by atoms with Crippen molar-refractivity contribution < 1.29 is 14.1 Å². The molecule has 82 valence electrons. The Balaban J connectivity index is 2.64. The van der Waals surface area contributed by atoms with Crippen LogP contribution in [0, 0.1) is 0 Å². The minimum absolute atomic E-state index is 0.0830. The minimum Gasteiger partial charge on any atom is -0.349 e. The topological polar surface area (TPSA) is 88.3 Å². The number of hydrogen-bond acceptors (Lipinski definition) is 5. The zero-order valence-electron chi connectivity index (χ0n) is 8.77. The number of carbonyl (C=O) groups is 2. The summed E-state index contributed by atoms with van der Waals surface area (Å²) >= 11 is 0. The monoisotopic (exact) mass is 212 g/mol. The van der Waals surface area contributed by atoms with Crippen molar-refractivity contribution in [1.82, 2.24) is 20.4 Å². The summed E-state index contributed by atoms with van der Waals surface area (Å²) in [5, 5.41) is 6.04. The molecule has 0 spiro atoms. The van der Waals surface area contributed by atoms with Gasteiger partial charge < -0.3 is 14.7 Å². The van der Waals surface area contributed by atoms with Gasteiger partial charge in [-0.25, -0.2) is 0 Å². The Labute approximate surface area is 86.4 Å². The van der Waals surface area contributed by atoms with E-state index < -0.39 is 0 Å². The van der Waals surface area contributed by atoms with Crippen molar-refractivity contribution in [2.75, 3.05) is 14.1 Å². The molecule has 1 aromatic rings. The molecule has 7 nitrogen and oxygen atoms in total. The highest BCUT2D eigenvalue weighted by atomic mass is 16.5. The Morgan fingerprint density at radius 1 is 1.47 bits per heavy atom. The molecule has 7 heteroatoms. The van der Waals surface area contributed by atoms with E-state index in [0.29, 0.717) is 0 Å². The maximum Gasteiger partial charge on any atom is 0.316 e. The molecule has 1 rings (SSSR count). The van der Waals surface area contributed by atoms with E-state index in [1.54, 1.807) is 14.1 Å². The molecule has 0 saturated heterocycles. The fourth-order valence-corrected chi connectivity index (χ4v) is 0.807. The first kappa shape index (κ1) is 11.2. The van der Waals surface area contributed by atoms with Crippen LogP contribution in [0.1, 0.15) is 23.4 Å². The van der Waals surface area contributed by atoms with E-state index in [1.165, 1.54) is 11.8 Å². The number of aromatic nitrogens is 2. The normalized spacial score (nSPS) is 9.80. The van der Waals surface area contributed by atoms with Gasteiger partial charge in [0.2, 0.25) is 5.91 Å². The van der Waals surface area contributed by atoms with Crippen molar-refractivity contribution in [2.24, 2.45) is 0 Å². The van der Waals surface area contributed by atoms with Crippen LogP contribution in [0.4, 0.5) is 0 Å². The molecule has 1 N–H and O–H groups in total. The van der Waals surface area contributed by atoms with E-state index in [1.807, 2.05) is 0 Å². The van der Waals surface area contributed by atoms with Crippen molar-refractivity contribution in [1.29, 1.82) is 0 Å². The van der Waals surface area contributed by atoms with Gasteiger partial charge in [0.15, 0.2) is 5.82 Å². The third-order valence-corrected chi connectivity index (χ3v) is 1.55. The molecule has 0 aliphatic carbocycles. The Kier molecular flexibility index (Phi) is 3.37. The van der Waals surface area contributed by atoms with Crippen LogP contribution in [0.25, 0.3) is 0 Å². The smallest absolute Gasteiger partial charge is 0.316 e. The molecule has 0 aliphatic heterocycles. The fraction of sp³-hybridized carbons (Fsp3) is 0.500. The van der Waals surface area contributed by atoms with Crippen LogP contribution < -0.4 is 5.32 Å². The lowest BCUT2D eigenvalue weighted by atomic mass is 10.5. The summed E-state index contributed by atoms with van der Waals surface area (Å²) in [6.45, 7) is 1.53. The lowest BCUT2D eigenvalue weighted by Gasteiger charge is -2.04. The third-order valence-electron chi connectivity index (χ3n) is 1.55. The molecule has 0 radical (unpaired) electrons. The Bertz CT molecular complexity index is 372. The van der Waals surface area contributed by atoms with Crippen LogP contribution in [-0.2, 0) is 11.3 Å². The SMILES string of the molecule is CC(=O)NCc1noc(C(=O)N(C)C)n1. The maximum atomic E-state index is 11.3. The van der Waals surface area contributed by atoms with Gasteiger partial charge in [0.25, 0.3) is 0 Å². The first-order valence-electron chi connectivity index (χ1n) is 4.29. The molecule has 15 heavy (non-hydrogen) atoms. The van der Waals surface area contributed by atoms with Crippen LogP contribution in [0.3, 0.4) is 0 Å². The second-order valence-corrected chi connectivity index (χ2v) is 3.13. The minimum atomic E-state index is -0.364. The number of amides is 2. The number of hydrogen-bond donors (Lipinski definition) is 1. The second-order valence-electron chi connectivity index (χ2n) is 3.13. The molecular weight excluding hydrogens is 200 g/mol. The largest absolute Gasteiger partial charge is 0.349 e. The molecule has 1 heterocycles. The van der Waals surface area contributed by atoms with Crippen LogP contribution >= 0.6 is 0 Å². The highest BCUT2D eigenvalue weighted by Gasteiger charge is 2.16. The van der Waals surface area contributed by atoms with Gasteiger partial charge in [-0.05, 0) is 0 Å². The highest BCUT2D eigenvalue weighted by molar-refractivity contribution is 5.89. The standard InChI is InChI=1S/C8H12N4O3/c1-5(13)9-4-6-10-7(15-11-6)8(14)12(2)3/h4H2,1-3H3,(H,9,13). The summed E-state index contributed by atoms with van der Waals surface area (Å²) in [6, 6.07) is 0. The fourth-order valence-electron chi connectivity index (χ4n) is 0.807. The quantitative estimate of drug-likeness (QED) is 0.723. The predicted molar refractivity (Wildman–Crippen MR) is 49.8 cm³/mol. The van der Waals surface area contributed by atoms with E-state index in [2.05, 4.69) is 15.5 Å². The van der Waals surface area contributed by atoms with Crippen molar-refractivity contribution >= 4 is 11.8 Å². The molecule has 0 aliphatic rings. The molecule has 1 aromatic heterocycles. The Morgan fingerprint density at radius 3 is 2.67 bits per heavy atom. The zero-order chi connectivity index (χ0) is 11.4. The molecule has 0 fully saturated rings. The first-order valence-corrected chi connectivity index (χ1v) is 4.29. The lowest BCUT2D eigenvalue weighted by molar-refractivity contribution is -0.119. The number of rotatable bonds is 3. The summed E-state index contributed by atoms with van der Waals surface area (Å²) in [5.41, 5.74) is 0. The predicted octanol–water partition coefficient (Wildman–Crippen LogP) is -0.592. The van der Waals surface area contributed by atoms with Crippen LogP contribution in [0.2, 0.25) is 0 Å². The Morgan fingerprint density at radius 2 is 2.13 bits per heavy atom. The third kappa shape index (κ3) is 3.04. The summed E-state index contributed by atoms with van der Waals surface area (Å²) in [5.74, 6) is -0.368. The van der Waals surface area contributed by atoms with Gasteiger partial charge in [-0.3, -0.25) is 9.59 Å². The molecule has 0 atom stereocenters. The Hall–Kier alpha value is -1.92. The van der Waals surface area contributed by atoms with Gasteiger partial charge in [-0.1, -0.05) is 5.16 Å². The van der Waals surface area contributed by atoms with Gasteiger partial charge in [0.05, 0.1) is 6.54 Å². The summed E-state index contributed by atoms with van der Waals surface area (Å²) < 4.78 is 4.72. The number of nitrogens with one attached hydrogen (secondary N) is 1. The molecular formula is C8H12N4O3. The zero-order valence-corrected chi connectivity index (χ0v) is 8.77. The van der Waals surface area contributed by atoms with Crippen LogP contribution in [0.15, 0.2) is 4.52 Å². The van der Waals surface area contributed by atoms with Crippen molar-refractivity contribution in [3.63, 3.8) is 0 Å². The van der Waals surface area contributed by atoms with E-state index in [9.17, 15) is 9.59 Å².